The third-order valence-corrected chi connectivity index (χ3v) is 5.04. The molecule has 0 aromatic heterocycles. The monoisotopic (exact) mass is 406 g/mol. The highest BCUT2D eigenvalue weighted by Gasteiger charge is 2.36. The first kappa shape index (κ1) is 22.6. The minimum absolute atomic E-state index is 0.0616. The summed E-state index contributed by atoms with van der Waals surface area (Å²) in [6.07, 6.45) is 3.65. The Kier molecular flexibility index (Phi) is 9.81. The van der Waals surface area contributed by atoms with Crippen molar-refractivity contribution in [3.05, 3.63) is 0 Å². The Labute approximate surface area is 162 Å². The lowest BCUT2D eigenvalue weighted by molar-refractivity contribution is -0.141. The largest absolute Gasteiger partial charge is 0.480 e. The van der Waals surface area contributed by atoms with Crippen molar-refractivity contribution in [3.8, 4) is 0 Å². The van der Waals surface area contributed by atoms with Gasteiger partial charge in [0.1, 0.15) is 12.1 Å². The van der Waals surface area contributed by atoms with Gasteiger partial charge in [-0.15, -0.1) is 0 Å². The van der Waals surface area contributed by atoms with E-state index in [9.17, 15) is 19.2 Å². The minimum atomic E-state index is -1.20. The van der Waals surface area contributed by atoms with E-state index >= 15 is 0 Å². The van der Waals surface area contributed by atoms with Crippen LogP contribution >= 0.6 is 24.4 Å². The van der Waals surface area contributed by atoms with Gasteiger partial charge in [0.05, 0.1) is 12.6 Å². The van der Waals surface area contributed by atoms with Crippen LogP contribution in [0, 0.1) is 0 Å². The maximum absolute atomic E-state index is 12.4. The van der Waals surface area contributed by atoms with Crippen LogP contribution in [0.2, 0.25) is 0 Å². The number of thioether (sulfide) groups is 1. The van der Waals surface area contributed by atoms with Crippen LogP contribution < -0.4 is 16.4 Å². The summed E-state index contributed by atoms with van der Waals surface area (Å²) in [6, 6.07) is -2.43. The first-order valence-electron chi connectivity index (χ1n) is 8.27. The average Bonchev–Trinajstić information content (AvgIpc) is 3.10. The van der Waals surface area contributed by atoms with Crippen molar-refractivity contribution in [2.45, 2.75) is 37.4 Å². The number of rotatable bonds is 10. The molecule has 0 aromatic carbocycles. The number of amides is 3. The number of carbonyl (C=O) groups excluding carboxylic acids is 3. The fourth-order valence-corrected chi connectivity index (χ4v) is 3.34. The third kappa shape index (κ3) is 6.69. The van der Waals surface area contributed by atoms with Crippen LogP contribution in [0.1, 0.15) is 19.3 Å². The predicted octanol–water partition coefficient (Wildman–Crippen LogP) is -1.33. The number of hydrogen-bond acceptors (Lipinski definition) is 7. The minimum Gasteiger partial charge on any atom is -0.480 e. The molecule has 1 heterocycles. The summed E-state index contributed by atoms with van der Waals surface area (Å²) < 4.78 is 0. The summed E-state index contributed by atoms with van der Waals surface area (Å²) in [6.45, 7) is 0.0876. The van der Waals surface area contributed by atoms with Crippen LogP contribution in [0.25, 0.3) is 0 Å². The number of carboxylic acid groups (broad SMARTS) is 1. The van der Waals surface area contributed by atoms with Gasteiger partial charge >= 0.3 is 5.97 Å². The van der Waals surface area contributed by atoms with Crippen LogP contribution in [0.3, 0.4) is 0 Å². The van der Waals surface area contributed by atoms with Crippen molar-refractivity contribution in [1.29, 1.82) is 0 Å². The normalized spacial score (nSPS) is 18.9. The number of aliphatic carboxylic acids is 1. The van der Waals surface area contributed by atoms with E-state index in [4.69, 9.17) is 10.8 Å². The Balaban J connectivity index is 2.53. The number of likely N-dealkylation sites (tertiary alicyclic amines) is 1. The lowest BCUT2D eigenvalue weighted by atomic mass is 10.1. The predicted molar refractivity (Wildman–Crippen MR) is 102 cm³/mol. The van der Waals surface area contributed by atoms with E-state index in [0.717, 1.165) is 5.75 Å². The summed E-state index contributed by atoms with van der Waals surface area (Å²) in [7, 11) is 0. The number of nitrogens with two attached hydrogens (primary N) is 1. The van der Waals surface area contributed by atoms with Crippen molar-refractivity contribution >= 4 is 48.1 Å². The van der Waals surface area contributed by atoms with Crippen LogP contribution in [0.15, 0.2) is 0 Å². The fourth-order valence-electron chi connectivity index (χ4n) is 2.60. The number of nitrogens with zero attached hydrogens (tertiary/aromatic N) is 1. The first-order valence-corrected chi connectivity index (χ1v) is 10.3. The summed E-state index contributed by atoms with van der Waals surface area (Å²) in [5.74, 6) is -1.84. The second-order valence-corrected chi connectivity index (χ2v) is 7.29. The van der Waals surface area contributed by atoms with E-state index in [1.54, 1.807) is 11.8 Å². The summed E-state index contributed by atoms with van der Waals surface area (Å²) >= 11 is 5.44. The molecule has 3 atom stereocenters. The molecule has 0 saturated carbocycles. The standard InChI is InChI=1S/C15H26N4O5S2/c1-26-6-4-9(16)14(22)19-5-2-3-11(19)13(21)17-7-12(20)18-10(8-25)15(23)24/h9-11,25H,2-8,16H2,1H3,(H,17,21)(H,18,20)(H,23,24). The van der Waals surface area contributed by atoms with Crippen LogP contribution in [-0.2, 0) is 19.2 Å². The van der Waals surface area contributed by atoms with Gasteiger partial charge in [0.25, 0.3) is 0 Å². The van der Waals surface area contributed by atoms with Gasteiger partial charge in [-0.2, -0.15) is 24.4 Å². The Morgan fingerprint density at radius 1 is 1.38 bits per heavy atom. The molecule has 11 heteroatoms. The SMILES string of the molecule is CSCCC(N)C(=O)N1CCCC1C(=O)NCC(=O)NC(CS)C(=O)O. The molecule has 3 unspecified atom stereocenters. The Morgan fingerprint density at radius 2 is 2.08 bits per heavy atom. The smallest absolute Gasteiger partial charge is 0.327 e. The first-order chi connectivity index (χ1) is 12.3. The van der Waals surface area contributed by atoms with Crippen molar-refractivity contribution < 1.29 is 24.3 Å². The van der Waals surface area contributed by atoms with E-state index in [2.05, 4.69) is 23.3 Å². The lowest BCUT2D eigenvalue weighted by Gasteiger charge is -2.26. The average molecular weight is 407 g/mol. The van der Waals surface area contributed by atoms with Gasteiger partial charge in [0.2, 0.25) is 17.7 Å². The highest BCUT2D eigenvalue weighted by atomic mass is 32.2. The maximum atomic E-state index is 12.4. The second-order valence-electron chi connectivity index (χ2n) is 5.94. The molecular weight excluding hydrogens is 380 g/mol. The zero-order valence-corrected chi connectivity index (χ0v) is 16.4. The van der Waals surface area contributed by atoms with Crippen LogP contribution in [0.4, 0.5) is 0 Å². The molecule has 1 aliphatic rings. The molecule has 26 heavy (non-hydrogen) atoms. The van der Waals surface area contributed by atoms with E-state index in [1.807, 2.05) is 6.26 Å². The lowest BCUT2D eigenvalue weighted by Crippen LogP contribution is -2.53. The van der Waals surface area contributed by atoms with Crippen molar-refractivity contribution in [3.63, 3.8) is 0 Å². The molecule has 3 amide bonds. The third-order valence-electron chi connectivity index (χ3n) is 4.03. The van der Waals surface area contributed by atoms with Gasteiger partial charge in [-0.05, 0) is 31.3 Å². The highest BCUT2D eigenvalue weighted by molar-refractivity contribution is 7.98. The molecule has 1 aliphatic heterocycles. The van der Waals surface area contributed by atoms with Crippen molar-refractivity contribution in [2.75, 3.05) is 30.9 Å². The van der Waals surface area contributed by atoms with Gasteiger partial charge in [-0.1, -0.05) is 0 Å². The van der Waals surface area contributed by atoms with Gasteiger partial charge in [0.15, 0.2) is 0 Å². The van der Waals surface area contributed by atoms with Gasteiger partial charge in [-0.3, -0.25) is 14.4 Å². The van der Waals surface area contributed by atoms with E-state index in [0.29, 0.717) is 25.8 Å². The second kappa shape index (κ2) is 11.3. The molecule has 0 radical (unpaired) electrons. The number of hydrogen-bond donors (Lipinski definition) is 5. The summed E-state index contributed by atoms with van der Waals surface area (Å²) in [5, 5.41) is 13.6. The van der Waals surface area contributed by atoms with E-state index in [-0.39, 0.29) is 18.2 Å². The van der Waals surface area contributed by atoms with Crippen LogP contribution in [-0.4, -0.2) is 82.7 Å². The molecule has 1 fully saturated rings. The Bertz CT molecular complexity index is 534. The molecule has 1 rings (SSSR count). The quantitative estimate of drug-likeness (QED) is 0.283. The Morgan fingerprint density at radius 3 is 2.65 bits per heavy atom. The summed E-state index contributed by atoms with van der Waals surface area (Å²) in [4.78, 5) is 48.8. The van der Waals surface area contributed by atoms with E-state index < -0.39 is 35.9 Å². The molecular formula is C15H26N4O5S2. The topological polar surface area (TPSA) is 142 Å². The van der Waals surface area contributed by atoms with Crippen LogP contribution in [0.5, 0.6) is 0 Å². The molecule has 0 spiro atoms. The van der Waals surface area contributed by atoms with Crippen molar-refractivity contribution in [2.24, 2.45) is 5.73 Å². The molecule has 5 N–H and O–H groups in total. The number of carboxylic acids is 1. The number of carbonyl (C=O) groups is 4. The van der Waals surface area contributed by atoms with Crippen molar-refractivity contribution in [1.82, 2.24) is 15.5 Å². The highest BCUT2D eigenvalue weighted by Crippen LogP contribution is 2.19. The van der Waals surface area contributed by atoms with Gasteiger partial charge in [-0.25, -0.2) is 4.79 Å². The maximum Gasteiger partial charge on any atom is 0.327 e. The van der Waals surface area contributed by atoms with E-state index in [1.165, 1.54) is 4.90 Å². The van der Waals surface area contributed by atoms with Gasteiger partial charge in [0, 0.05) is 12.3 Å². The molecule has 0 aliphatic carbocycles. The molecule has 148 valence electrons. The molecule has 0 bridgehead atoms. The molecule has 1 saturated heterocycles. The molecule has 9 nitrogen and oxygen atoms in total. The zero-order valence-electron chi connectivity index (χ0n) is 14.6. The number of thiol groups is 1. The number of nitrogens with one attached hydrogen (secondary N) is 2. The molecule has 0 aromatic rings. The van der Waals surface area contributed by atoms with Gasteiger partial charge < -0.3 is 26.4 Å². The summed E-state index contributed by atoms with van der Waals surface area (Å²) in [5.41, 5.74) is 5.90. The zero-order chi connectivity index (χ0) is 19.7. The fraction of sp³-hybridized carbons (Fsp3) is 0.733. The Hall–Kier alpha value is -1.46.